The largest absolute Gasteiger partial charge is 1.00 e. The first-order valence-corrected chi connectivity index (χ1v) is 8.10. The number of pyridine rings is 1. The van der Waals surface area contributed by atoms with Crippen LogP contribution in [0.5, 0.6) is 5.75 Å². The zero-order valence-corrected chi connectivity index (χ0v) is 15.6. The van der Waals surface area contributed by atoms with E-state index in [1.54, 1.807) is 20.1 Å². The Hall–Kier alpha value is -2.79. The Morgan fingerprint density at radius 1 is 1.12 bits per heavy atom. The number of aryl methyl sites for hydroxylation is 1. The van der Waals surface area contributed by atoms with Gasteiger partial charge in [0, 0.05) is 22.5 Å². The lowest BCUT2D eigenvalue weighted by Crippen LogP contribution is -3.00. The van der Waals surface area contributed by atoms with Crippen molar-refractivity contribution in [3.63, 3.8) is 0 Å². The number of fused-ring (bicyclic) bond motifs is 1. The zero-order valence-electron chi connectivity index (χ0n) is 14.9. The number of nitrogens with one attached hydrogen (secondary N) is 1. The first-order chi connectivity index (χ1) is 12.1. The number of aromatic nitrogens is 1. The van der Waals surface area contributed by atoms with Crippen molar-refractivity contribution in [2.75, 3.05) is 19.0 Å². The van der Waals surface area contributed by atoms with Gasteiger partial charge in [-0.15, -0.1) is 0 Å². The number of esters is 1. The smallest absolute Gasteiger partial charge is 0.338 e. The van der Waals surface area contributed by atoms with Crippen molar-refractivity contribution in [3.05, 3.63) is 59.8 Å². The third kappa shape index (κ3) is 4.24. The SMILES string of the molecule is CCOC(=O)c1ccc2nc(C)cc(Nc3ccc(OC)cc3)c2c1.[Cl-]. The molecule has 136 valence electrons. The van der Waals surface area contributed by atoms with Crippen molar-refractivity contribution in [1.29, 1.82) is 0 Å². The molecule has 0 amide bonds. The fourth-order valence-corrected chi connectivity index (χ4v) is 2.63. The van der Waals surface area contributed by atoms with Gasteiger partial charge >= 0.3 is 5.97 Å². The molecule has 0 aliphatic carbocycles. The number of nitrogens with zero attached hydrogens (tertiary/aromatic N) is 1. The van der Waals surface area contributed by atoms with E-state index in [1.807, 2.05) is 49.4 Å². The Morgan fingerprint density at radius 2 is 1.85 bits per heavy atom. The highest BCUT2D eigenvalue weighted by Crippen LogP contribution is 2.28. The van der Waals surface area contributed by atoms with Gasteiger partial charge in [0.15, 0.2) is 0 Å². The molecule has 0 aliphatic heterocycles. The Morgan fingerprint density at radius 3 is 2.50 bits per heavy atom. The van der Waals surface area contributed by atoms with Gasteiger partial charge < -0.3 is 27.2 Å². The predicted molar refractivity (Wildman–Crippen MR) is 98.7 cm³/mol. The van der Waals surface area contributed by atoms with Crippen molar-refractivity contribution >= 4 is 28.2 Å². The second-order valence-electron chi connectivity index (χ2n) is 5.62. The molecular formula is C20H20ClN2O3-. The second-order valence-corrected chi connectivity index (χ2v) is 5.62. The molecule has 2 aromatic carbocycles. The number of carbonyl (C=O) groups is 1. The number of hydrogen-bond acceptors (Lipinski definition) is 5. The van der Waals surface area contributed by atoms with E-state index in [0.29, 0.717) is 12.2 Å². The molecular weight excluding hydrogens is 352 g/mol. The minimum absolute atomic E-state index is 0. The molecule has 1 aromatic heterocycles. The van der Waals surface area contributed by atoms with Crippen molar-refractivity contribution in [2.45, 2.75) is 13.8 Å². The summed E-state index contributed by atoms with van der Waals surface area (Å²) < 4.78 is 10.3. The fourth-order valence-electron chi connectivity index (χ4n) is 2.63. The quantitative estimate of drug-likeness (QED) is 0.688. The van der Waals surface area contributed by atoms with Gasteiger partial charge in [-0.1, -0.05) is 0 Å². The van der Waals surface area contributed by atoms with Crippen LogP contribution in [0.1, 0.15) is 23.0 Å². The van der Waals surface area contributed by atoms with E-state index in [-0.39, 0.29) is 18.4 Å². The van der Waals surface area contributed by atoms with Crippen LogP contribution in [0.2, 0.25) is 0 Å². The monoisotopic (exact) mass is 371 g/mol. The van der Waals surface area contributed by atoms with Crippen LogP contribution >= 0.6 is 0 Å². The van der Waals surface area contributed by atoms with Crippen molar-refractivity contribution < 1.29 is 26.7 Å². The van der Waals surface area contributed by atoms with Crippen LogP contribution in [-0.2, 0) is 4.74 Å². The summed E-state index contributed by atoms with van der Waals surface area (Å²) in [5.74, 6) is 0.464. The summed E-state index contributed by atoms with van der Waals surface area (Å²) in [5.41, 5.74) is 4.04. The lowest BCUT2D eigenvalue weighted by atomic mass is 10.1. The van der Waals surface area contributed by atoms with E-state index in [0.717, 1.165) is 33.7 Å². The van der Waals surface area contributed by atoms with Crippen molar-refractivity contribution in [3.8, 4) is 5.75 Å². The molecule has 0 fully saturated rings. The topological polar surface area (TPSA) is 60.5 Å². The Bertz CT molecular complexity index is 911. The van der Waals surface area contributed by atoms with Crippen LogP contribution in [-0.4, -0.2) is 24.7 Å². The molecule has 1 N–H and O–H groups in total. The third-order valence-electron chi connectivity index (χ3n) is 3.82. The molecule has 0 saturated carbocycles. The van der Waals surface area contributed by atoms with Crippen LogP contribution < -0.4 is 22.5 Å². The summed E-state index contributed by atoms with van der Waals surface area (Å²) in [6.45, 7) is 4.08. The van der Waals surface area contributed by atoms with E-state index < -0.39 is 0 Å². The van der Waals surface area contributed by atoms with E-state index >= 15 is 0 Å². The maximum atomic E-state index is 12.0. The minimum Gasteiger partial charge on any atom is -1.00 e. The molecule has 26 heavy (non-hydrogen) atoms. The number of halogens is 1. The Balaban J connectivity index is 0.00000243. The summed E-state index contributed by atoms with van der Waals surface area (Å²) in [5, 5.41) is 4.26. The number of benzene rings is 2. The Labute approximate surface area is 158 Å². The standard InChI is InChI=1S/C20H20N2O3.ClH/c1-4-25-20(23)14-5-10-18-17(12-14)19(11-13(2)21-18)22-15-6-8-16(24-3)9-7-15;/h5-12H,4H2,1-3H3,(H,21,22);1H/p-1. The fraction of sp³-hybridized carbons (Fsp3) is 0.200. The van der Waals surface area contributed by atoms with E-state index in [4.69, 9.17) is 9.47 Å². The first-order valence-electron chi connectivity index (χ1n) is 8.10. The van der Waals surface area contributed by atoms with Gasteiger partial charge in [-0.25, -0.2) is 4.79 Å². The van der Waals surface area contributed by atoms with Crippen LogP contribution in [0.4, 0.5) is 11.4 Å². The highest BCUT2D eigenvalue weighted by molar-refractivity contribution is 5.99. The molecule has 6 heteroatoms. The summed E-state index contributed by atoms with van der Waals surface area (Å²) in [6.07, 6.45) is 0. The molecule has 0 spiro atoms. The number of anilines is 2. The Kier molecular flexibility index (Phi) is 6.41. The summed E-state index contributed by atoms with van der Waals surface area (Å²) >= 11 is 0. The normalized spacial score (nSPS) is 10.1. The maximum absolute atomic E-state index is 12.0. The van der Waals surface area contributed by atoms with Crippen LogP contribution in [0, 0.1) is 6.92 Å². The van der Waals surface area contributed by atoms with Crippen molar-refractivity contribution in [2.24, 2.45) is 0 Å². The van der Waals surface area contributed by atoms with Gasteiger partial charge in [0.05, 0.1) is 24.8 Å². The van der Waals surface area contributed by atoms with Gasteiger partial charge in [-0.05, 0) is 62.4 Å². The molecule has 0 radical (unpaired) electrons. The lowest BCUT2D eigenvalue weighted by Gasteiger charge is -2.12. The number of methoxy groups -OCH3 is 1. The maximum Gasteiger partial charge on any atom is 0.338 e. The molecule has 0 aliphatic rings. The molecule has 3 rings (SSSR count). The molecule has 3 aromatic rings. The second kappa shape index (κ2) is 8.54. The minimum atomic E-state index is -0.333. The van der Waals surface area contributed by atoms with Gasteiger partial charge in [0.1, 0.15) is 5.75 Å². The van der Waals surface area contributed by atoms with E-state index in [1.165, 1.54) is 0 Å². The molecule has 0 unspecified atom stereocenters. The van der Waals surface area contributed by atoms with E-state index in [2.05, 4.69) is 10.3 Å². The molecule has 0 bridgehead atoms. The highest BCUT2D eigenvalue weighted by atomic mass is 35.5. The number of ether oxygens (including phenoxy) is 2. The zero-order chi connectivity index (χ0) is 17.8. The predicted octanol–water partition coefficient (Wildman–Crippen LogP) is 1.48. The summed E-state index contributed by atoms with van der Waals surface area (Å²) in [6, 6.07) is 15.0. The average molecular weight is 372 g/mol. The van der Waals surface area contributed by atoms with Crippen molar-refractivity contribution in [1.82, 2.24) is 4.98 Å². The summed E-state index contributed by atoms with van der Waals surface area (Å²) in [4.78, 5) is 16.6. The number of hydrogen-bond donors (Lipinski definition) is 1. The van der Waals surface area contributed by atoms with Gasteiger partial charge in [-0.3, -0.25) is 4.98 Å². The van der Waals surface area contributed by atoms with Gasteiger partial charge in [-0.2, -0.15) is 0 Å². The third-order valence-corrected chi connectivity index (χ3v) is 3.82. The molecule has 0 atom stereocenters. The van der Waals surface area contributed by atoms with Gasteiger partial charge in [0.2, 0.25) is 0 Å². The number of carbonyl (C=O) groups excluding carboxylic acids is 1. The van der Waals surface area contributed by atoms with Crippen LogP contribution in [0.3, 0.4) is 0 Å². The van der Waals surface area contributed by atoms with Crippen LogP contribution in [0.25, 0.3) is 10.9 Å². The summed E-state index contributed by atoms with van der Waals surface area (Å²) in [7, 11) is 1.64. The average Bonchev–Trinajstić information content (AvgIpc) is 2.62. The lowest BCUT2D eigenvalue weighted by molar-refractivity contribution is -0.0000234. The first kappa shape index (κ1) is 19.5. The highest BCUT2D eigenvalue weighted by Gasteiger charge is 2.11. The number of rotatable bonds is 5. The molecule has 5 nitrogen and oxygen atoms in total. The van der Waals surface area contributed by atoms with E-state index in [9.17, 15) is 4.79 Å². The molecule has 1 heterocycles. The molecule has 0 saturated heterocycles. The van der Waals surface area contributed by atoms with Crippen LogP contribution in [0.15, 0.2) is 48.5 Å². The van der Waals surface area contributed by atoms with Gasteiger partial charge in [0.25, 0.3) is 0 Å².